The van der Waals surface area contributed by atoms with Gasteiger partial charge in [-0.3, -0.25) is 0 Å². The largest absolute Gasteiger partial charge is 0.493 e. The number of nitrogens with two attached hydrogens (primary N) is 1. The first-order valence-electron chi connectivity index (χ1n) is 5.32. The number of hydrogen-bond acceptors (Lipinski definition) is 3. The molecule has 0 saturated heterocycles. The second-order valence-electron chi connectivity index (χ2n) is 3.35. The van der Waals surface area contributed by atoms with E-state index in [9.17, 15) is 0 Å². The Morgan fingerprint density at radius 2 is 2.13 bits per heavy atom. The first-order chi connectivity index (χ1) is 7.33. The van der Waals surface area contributed by atoms with E-state index in [2.05, 4.69) is 6.92 Å². The number of benzene rings is 1. The molecule has 1 aromatic rings. The van der Waals surface area contributed by atoms with Gasteiger partial charge in [0.2, 0.25) is 0 Å². The molecule has 0 radical (unpaired) electrons. The Labute approximate surface area is 91.2 Å². The minimum atomic E-state index is 0.466. The number of rotatable bonds is 6. The molecule has 0 bridgehead atoms. The average molecular weight is 209 g/mol. The van der Waals surface area contributed by atoms with Crippen LogP contribution in [0.15, 0.2) is 18.2 Å². The quantitative estimate of drug-likeness (QED) is 0.731. The number of hydrogen-bond donors (Lipinski definition) is 1. The van der Waals surface area contributed by atoms with Gasteiger partial charge >= 0.3 is 0 Å². The molecule has 15 heavy (non-hydrogen) atoms. The van der Waals surface area contributed by atoms with E-state index in [-0.39, 0.29) is 0 Å². The third-order valence-corrected chi connectivity index (χ3v) is 2.24. The molecule has 0 aliphatic carbocycles. The first kappa shape index (κ1) is 11.9. The van der Waals surface area contributed by atoms with Gasteiger partial charge in [0.05, 0.1) is 13.7 Å². The number of methoxy groups -OCH3 is 1. The second-order valence-corrected chi connectivity index (χ2v) is 3.35. The number of para-hydroxylation sites is 1. The van der Waals surface area contributed by atoms with Crippen LogP contribution >= 0.6 is 0 Å². The van der Waals surface area contributed by atoms with E-state index in [1.807, 2.05) is 18.2 Å². The van der Waals surface area contributed by atoms with Crippen molar-refractivity contribution in [3.05, 3.63) is 23.8 Å². The molecule has 0 aliphatic rings. The van der Waals surface area contributed by atoms with E-state index in [0.717, 1.165) is 36.5 Å². The highest BCUT2D eigenvalue weighted by Crippen LogP contribution is 2.30. The van der Waals surface area contributed by atoms with Gasteiger partial charge in [0.25, 0.3) is 0 Å². The van der Waals surface area contributed by atoms with Gasteiger partial charge in [-0.25, -0.2) is 0 Å². The lowest BCUT2D eigenvalue weighted by atomic mass is 10.2. The van der Waals surface area contributed by atoms with Crippen LogP contribution in [0.1, 0.15) is 25.3 Å². The van der Waals surface area contributed by atoms with E-state index in [1.54, 1.807) is 7.11 Å². The highest BCUT2D eigenvalue weighted by atomic mass is 16.5. The molecular formula is C12H19NO2. The van der Waals surface area contributed by atoms with Crippen LogP contribution in [0.25, 0.3) is 0 Å². The van der Waals surface area contributed by atoms with Crippen LogP contribution in [-0.2, 0) is 6.54 Å². The van der Waals surface area contributed by atoms with Crippen molar-refractivity contribution in [1.82, 2.24) is 0 Å². The highest BCUT2D eigenvalue weighted by molar-refractivity contribution is 5.46. The summed E-state index contributed by atoms with van der Waals surface area (Å²) in [6.45, 7) is 3.33. The number of ether oxygens (including phenoxy) is 2. The van der Waals surface area contributed by atoms with Gasteiger partial charge in [0.15, 0.2) is 11.5 Å². The highest BCUT2D eigenvalue weighted by Gasteiger charge is 2.08. The third kappa shape index (κ3) is 3.13. The molecule has 0 unspecified atom stereocenters. The van der Waals surface area contributed by atoms with E-state index < -0.39 is 0 Å². The minimum absolute atomic E-state index is 0.466. The Bertz CT molecular complexity index is 300. The zero-order valence-electron chi connectivity index (χ0n) is 9.45. The molecule has 0 aromatic heterocycles. The van der Waals surface area contributed by atoms with Crippen LogP contribution in [0, 0.1) is 0 Å². The van der Waals surface area contributed by atoms with Crippen molar-refractivity contribution in [2.75, 3.05) is 13.7 Å². The molecule has 3 heteroatoms. The van der Waals surface area contributed by atoms with E-state index in [0.29, 0.717) is 6.54 Å². The molecule has 0 fully saturated rings. The van der Waals surface area contributed by atoms with Gasteiger partial charge in [0, 0.05) is 12.1 Å². The molecule has 0 atom stereocenters. The van der Waals surface area contributed by atoms with Crippen molar-refractivity contribution in [2.24, 2.45) is 5.73 Å². The Hall–Kier alpha value is -1.22. The van der Waals surface area contributed by atoms with Crippen LogP contribution in [0.5, 0.6) is 11.5 Å². The van der Waals surface area contributed by atoms with Crippen molar-refractivity contribution in [3.8, 4) is 11.5 Å². The molecule has 2 N–H and O–H groups in total. The molecule has 0 heterocycles. The van der Waals surface area contributed by atoms with Gasteiger partial charge in [-0.1, -0.05) is 25.5 Å². The summed E-state index contributed by atoms with van der Waals surface area (Å²) >= 11 is 0. The van der Waals surface area contributed by atoms with Crippen molar-refractivity contribution in [1.29, 1.82) is 0 Å². The minimum Gasteiger partial charge on any atom is -0.493 e. The molecule has 0 aliphatic heterocycles. The third-order valence-electron chi connectivity index (χ3n) is 2.24. The number of unbranched alkanes of at least 4 members (excludes halogenated alkanes) is 1. The Kier molecular flexibility index (Phi) is 4.98. The first-order valence-corrected chi connectivity index (χ1v) is 5.32. The maximum absolute atomic E-state index is 5.63. The summed E-state index contributed by atoms with van der Waals surface area (Å²) in [5.74, 6) is 1.55. The van der Waals surface area contributed by atoms with Crippen LogP contribution in [0.2, 0.25) is 0 Å². The van der Waals surface area contributed by atoms with Gasteiger partial charge < -0.3 is 15.2 Å². The molecule has 84 valence electrons. The van der Waals surface area contributed by atoms with Gasteiger partial charge in [0.1, 0.15) is 0 Å². The van der Waals surface area contributed by atoms with Crippen molar-refractivity contribution >= 4 is 0 Å². The predicted molar refractivity (Wildman–Crippen MR) is 61.3 cm³/mol. The second kappa shape index (κ2) is 6.30. The lowest BCUT2D eigenvalue weighted by molar-refractivity contribution is 0.287. The summed E-state index contributed by atoms with van der Waals surface area (Å²) in [5.41, 5.74) is 6.59. The van der Waals surface area contributed by atoms with Gasteiger partial charge in [-0.05, 0) is 12.5 Å². The zero-order chi connectivity index (χ0) is 11.1. The average Bonchev–Trinajstić information content (AvgIpc) is 2.29. The molecule has 0 saturated carbocycles. The normalized spacial score (nSPS) is 10.1. The maximum atomic E-state index is 5.63. The van der Waals surface area contributed by atoms with Gasteiger partial charge in [-0.15, -0.1) is 0 Å². The lowest BCUT2D eigenvalue weighted by Gasteiger charge is -2.13. The smallest absolute Gasteiger partial charge is 0.165 e. The standard InChI is InChI=1S/C12H19NO2/c1-3-4-8-15-11-7-5-6-10(9-13)12(11)14-2/h5-7H,3-4,8-9,13H2,1-2H3. The molecule has 1 rings (SSSR count). The topological polar surface area (TPSA) is 44.5 Å². The van der Waals surface area contributed by atoms with Crippen LogP contribution in [0.3, 0.4) is 0 Å². The van der Waals surface area contributed by atoms with Crippen molar-refractivity contribution in [2.45, 2.75) is 26.3 Å². The summed E-state index contributed by atoms with van der Waals surface area (Å²) < 4.78 is 10.9. The summed E-state index contributed by atoms with van der Waals surface area (Å²) in [6, 6.07) is 5.80. The molecular weight excluding hydrogens is 190 g/mol. The van der Waals surface area contributed by atoms with E-state index >= 15 is 0 Å². The van der Waals surface area contributed by atoms with E-state index in [1.165, 1.54) is 0 Å². The summed E-state index contributed by atoms with van der Waals surface area (Å²) in [5, 5.41) is 0. The maximum Gasteiger partial charge on any atom is 0.165 e. The SMILES string of the molecule is CCCCOc1cccc(CN)c1OC. The Morgan fingerprint density at radius 3 is 2.73 bits per heavy atom. The fourth-order valence-corrected chi connectivity index (χ4v) is 1.39. The molecule has 1 aromatic carbocycles. The van der Waals surface area contributed by atoms with Crippen molar-refractivity contribution < 1.29 is 9.47 Å². The van der Waals surface area contributed by atoms with Crippen LogP contribution < -0.4 is 15.2 Å². The Morgan fingerprint density at radius 1 is 1.33 bits per heavy atom. The zero-order valence-corrected chi connectivity index (χ0v) is 9.45. The monoisotopic (exact) mass is 209 g/mol. The summed E-state index contributed by atoms with van der Waals surface area (Å²) in [7, 11) is 1.64. The fourth-order valence-electron chi connectivity index (χ4n) is 1.39. The molecule has 0 spiro atoms. The summed E-state index contributed by atoms with van der Waals surface area (Å²) in [6.07, 6.45) is 2.18. The molecule has 0 amide bonds. The summed E-state index contributed by atoms with van der Waals surface area (Å²) in [4.78, 5) is 0. The van der Waals surface area contributed by atoms with Crippen LogP contribution in [0.4, 0.5) is 0 Å². The van der Waals surface area contributed by atoms with Gasteiger partial charge in [-0.2, -0.15) is 0 Å². The molecule has 3 nitrogen and oxygen atoms in total. The van der Waals surface area contributed by atoms with Crippen molar-refractivity contribution in [3.63, 3.8) is 0 Å². The van der Waals surface area contributed by atoms with Crippen LogP contribution in [-0.4, -0.2) is 13.7 Å². The predicted octanol–water partition coefficient (Wildman–Crippen LogP) is 2.33. The Balaban J connectivity index is 2.76. The fraction of sp³-hybridized carbons (Fsp3) is 0.500. The van der Waals surface area contributed by atoms with E-state index in [4.69, 9.17) is 15.2 Å². The lowest BCUT2D eigenvalue weighted by Crippen LogP contribution is -2.03.